The summed E-state index contributed by atoms with van der Waals surface area (Å²) in [5, 5.41) is 4.63. The predicted octanol–water partition coefficient (Wildman–Crippen LogP) is 3.64. The zero-order valence-electron chi connectivity index (χ0n) is 14.2. The van der Waals surface area contributed by atoms with E-state index in [9.17, 15) is 4.79 Å². The highest BCUT2D eigenvalue weighted by Crippen LogP contribution is 2.52. The molecule has 0 saturated heterocycles. The molecule has 0 N–H and O–H groups in total. The first kappa shape index (κ1) is 15.2. The Bertz CT molecular complexity index is 575. The number of hydrogen-bond donors (Lipinski definition) is 0. The van der Waals surface area contributed by atoms with Crippen LogP contribution in [0.3, 0.4) is 0 Å². The van der Waals surface area contributed by atoms with Gasteiger partial charge in [-0.25, -0.2) is 4.68 Å². The van der Waals surface area contributed by atoms with Crippen LogP contribution in [0.15, 0.2) is 6.33 Å². The largest absolute Gasteiger partial charge is 0.277 e. The van der Waals surface area contributed by atoms with Crippen LogP contribution < -0.4 is 4.90 Å². The average Bonchev–Trinajstić information content (AvgIpc) is 3.07. The maximum absolute atomic E-state index is 12.8. The minimum Gasteiger partial charge on any atom is -0.277 e. The molecule has 2 aliphatic carbocycles. The Morgan fingerprint density at radius 2 is 2.00 bits per heavy atom. The third kappa shape index (κ3) is 2.23. The molecule has 1 aliphatic heterocycles. The maximum atomic E-state index is 12.8. The molecule has 126 valence electrons. The summed E-state index contributed by atoms with van der Waals surface area (Å²) >= 11 is 0. The molecule has 0 bridgehead atoms. The van der Waals surface area contributed by atoms with E-state index >= 15 is 0 Å². The molecular weight excluding hydrogens is 288 g/mol. The molecule has 4 rings (SSSR count). The van der Waals surface area contributed by atoms with E-state index in [1.165, 1.54) is 51.4 Å². The lowest BCUT2D eigenvalue weighted by atomic mass is 9.64. The van der Waals surface area contributed by atoms with E-state index in [-0.39, 0.29) is 11.4 Å². The molecule has 5 nitrogen and oxygen atoms in total. The Morgan fingerprint density at radius 1 is 1.22 bits per heavy atom. The first-order chi connectivity index (χ1) is 11.3. The summed E-state index contributed by atoms with van der Waals surface area (Å²) in [7, 11) is 0. The number of amides is 1. The minimum atomic E-state index is 0.123. The van der Waals surface area contributed by atoms with E-state index in [1.807, 2.05) is 4.90 Å². The summed E-state index contributed by atoms with van der Waals surface area (Å²) in [6.07, 6.45) is 14.4. The molecular formula is C18H28N4O. The molecule has 2 saturated carbocycles. The minimum absolute atomic E-state index is 0.123. The maximum Gasteiger partial charge on any atom is 0.231 e. The number of hydrogen-bond acceptors (Lipinski definition) is 3. The van der Waals surface area contributed by atoms with Crippen molar-refractivity contribution in [1.82, 2.24) is 14.8 Å². The first-order valence-corrected chi connectivity index (χ1v) is 9.50. The lowest BCUT2D eigenvalue weighted by molar-refractivity contribution is -0.121. The SMILES string of the molecule is CCCC(=O)N1c2ncnn2C2(CCCCC2)C2CCCCC21. The van der Waals surface area contributed by atoms with Crippen LogP contribution in [0.5, 0.6) is 0 Å². The van der Waals surface area contributed by atoms with Crippen molar-refractivity contribution in [2.75, 3.05) is 4.90 Å². The smallest absolute Gasteiger partial charge is 0.231 e. The molecule has 1 aromatic rings. The lowest BCUT2D eigenvalue weighted by Crippen LogP contribution is -2.61. The second-order valence-electron chi connectivity index (χ2n) is 7.61. The molecule has 2 atom stereocenters. The van der Waals surface area contributed by atoms with Crippen molar-refractivity contribution in [1.29, 1.82) is 0 Å². The topological polar surface area (TPSA) is 51.0 Å². The number of carbonyl (C=O) groups is 1. The molecule has 23 heavy (non-hydrogen) atoms. The Morgan fingerprint density at radius 3 is 2.78 bits per heavy atom. The van der Waals surface area contributed by atoms with Gasteiger partial charge in [0.05, 0.1) is 5.54 Å². The molecule has 2 heterocycles. The van der Waals surface area contributed by atoms with Crippen molar-refractivity contribution in [3.05, 3.63) is 6.33 Å². The van der Waals surface area contributed by atoms with E-state index in [2.05, 4.69) is 21.7 Å². The average molecular weight is 316 g/mol. The molecule has 2 fully saturated rings. The Kier molecular flexibility index (Phi) is 3.90. The predicted molar refractivity (Wildman–Crippen MR) is 89.2 cm³/mol. The summed E-state index contributed by atoms with van der Waals surface area (Å²) in [6.45, 7) is 2.08. The number of fused-ring (bicyclic) bond motifs is 4. The van der Waals surface area contributed by atoms with Crippen LogP contribution in [0.2, 0.25) is 0 Å². The molecule has 3 aliphatic rings. The van der Waals surface area contributed by atoms with Gasteiger partial charge in [0, 0.05) is 18.4 Å². The Balaban J connectivity index is 1.81. The van der Waals surface area contributed by atoms with E-state index in [4.69, 9.17) is 0 Å². The Labute approximate surface area is 138 Å². The van der Waals surface area contributed by atoms with Crippen LogP contribution in [0.4, 0.5) is 5.95 Å². The number of aromatic nitrogens is 3. The van der Waals surface area contributed by atoms with Crippen LogP contribution in [0, 0.1) is 5.92 Å². The highest BCUT2D eigenvalue weighted by Gasteiger charge is 2.54. The zero-order chi connectivity index (χ0) is 15.9. The fraction of sp³-hybridized carbons (Fsp3) is 0.833. The normalized spacial score (nSPS) is 29.2. The highest BCUT2D eigenvalue weighted by atomic mass is 16.2. The van der Waals surface area contributed by atoms with Crippen LogP contribution in [-0.4, -0.2) is 26.7 Å². The van der Waals surface area contributed by atoms with Crippen molar-refractivity contribution >= 4 is 11.9 Å². The molecule has 1 amide bonds. The summed E-state index contributed by atoms with van der Waals surface area (Å²) < 4.78 is 2.16. The van der Waals surface area contributed by atoms with Gasteiger partial charge in [0.1, 0.15) is 6.33 Å². The number of rotatable bonds is 2. The summed E-state index contributed by atoms with van der Waals surface area (Å²) in [4.78, 5) is 19.4. The lowest BCUT2D eigenvalue weighted by Gasteiger charge is -2.55. The molecule has 1 aromatic heterocycles. The van der Waals surface area contributed by atoms with Crippen LogP contribution in [0.25, 0.3) is 0 Å². The van der Waals surface area contributed by atoms with Gasteiger partial charge in [-0.1, -0.05) is 39.0 Å². The molecule has 2 unspecified atom stereocenters. The van der Waals surface area contributed by atoms with Crippen molar-refractivity contribution in [3.63, 3.8) is 0 Å². The van der Waals surface area contributed by atoms with Gasteiger partial charge in [-0.2, -0.15) is 10.1 Å². The number of nitrogens with zero attached hydrogens (tertiary/aromatic N) is 4. The molecule has 5 heteroatoms. The van der Waals surface area contributed by atoms with Gasteiger partial charge in [-0.15, -0.1) is 0 Å². The van der Waals surface area contributed by atoms with Gasteiger partial charge in [-0.3, -0.25) is 9.69 Å². The van der Waals surface area contributed by atoms with Gasteiger partial charge < -0.3 is 0 Å². The Hall–Kier alpha value is -1.39. The van der Waals surface area contributed by atoms with Gasteiger partial charge in [-0.05, 0) is 32.1 Å². The fourth-order valence-corrected chi connectivity index (χ4v) is 5.44. The van der Waals surface area contributed by atoms with Gasteiger partial charge in [0.15, 0.2) is 0 Å². The van der Waals surface area contributed by atoms with Crippen LogP contribution in [-0.2, 0) is 10.3 Å². The van der Waals surface area contributed by atoms with E-state index in [0.29, 0.717) is 18.4 Å². The highest BCUT2D eigenvalue weighted by molar-refractivity contribution is 5.92. The number of anilines is 1. The first-order valence-electron chi connectivity index (χ1n) is 9.50. The second kappa shape index (κ2) is 5.91. The van der Waals surface area contributed by atoms with Crippen LogP contribution in [0.1, 0.15) is 77.6 Å². The second-order valence-corrected chi connectivity index (χ2v) is 7.61. The van der Waals surface area contributed by atoms with E-state index < -0.39 is 0 Å². The van der Waals surface area contributed by atoms with Crippen molar-refractivity contribution in [2.24, 2.45) is 5.92 Å². The van der Waals surface area contributed by atoms with Crippen molar-refractivity contribution in [3.8, 4) is 0 Å². The molecule has 0 radical (unpaired) electrons. The number of carbonyl (C=O) groups excluding carboxylic acids is 1. The van der Waals surface area contributed by atoms with Crippen molar-refractivity contribution in [2.45, 2.75) is 89.1 Å². The van der Waals surface area contributed by atoms with E-state index in [1.54, 1.807) is 6.33 Å². The standard InChI is InChI=1S/C18H28N4O/c1-2-8-16(23)21-15-10-5-4-9-14(15)18(11-6-3-7-12-18)22-17(21)19-13-20-22/h13-15H,2-12H2,1H3. The zero-order valence-corrected chi connectivity index (χ0v) is 14.2. The fourth-order valence-electron chi connectivity index (χ4n) is 5.44. The molecule has 0 aromatic carbocycles. The third-order valence-electron chi connectivity index (χ3n) is 6.37. The van der Waals surface area contributed by atoms with Gasteiger partial charge in [0.2, 0.25) is 11.9 Å². The van der Waals surface area contributed by atoms with Crippen molar-refractivity contribution < 1.29 is 4.79 Å². The monoisotopic (exact) mass is 316 g/mol. The summed E-state index contributed by atoms with van der Waals surface area (Å²) in [5.74, 6) is 1.63. The summed E-state index contributed by atoms with van der Waals surface area (Å²) in [6, 6.07) is 0.345. The van der Waals surface area contributed by atoms with E-state index in [0.717, 1.165) is 18.8 Å². The molecule has 1 spiro atoms. The summed E-state index contributed by atoms with van der Waals surface area (Å²) in [5.41, 5.74) is 0.123. The van der Waals surface area contributed by atoms with Crippen LogP contribution >= 0.6 is 0 Å². The van der Waals surface area contributed by atoms with Gasteiger partial charge >= 0.3 is 0 Å². The van der Waals surface area contributed by atoms with Gasteiger partial charge in [0.25, 0.3) is 0 Å². The quantitative estimate of drug-likeness (QED) is 0.837. The third-order valence-corrected chi connectivity index (χ3v) is 6.37.